The Hall–Kier alpha value is -2.96. The molecule has 0 bridgehead atoms. The third kappa shape index (κ3) is 2.26. The number of imidazole rings is 1. The standard InChI is InChI=1S/C15H17N7/c1-4-12-8-19-15-18-7-11(9-21(12)15)13-5-6-22(10(13)2)20-14(16)17-3/h5-9H,3-4H2,1-2H3,(H2,16,20). The highest BCUT2D eigenvalue weighted by atomic mass is 15.4. The minimum absolute atomic E-state index is 0.127. The smallest absolute Gasteiger partial charge is 0.237 e. The summed E-state index contributed by atoms with van der Waals surface area (Å²) in [5.41, 5.74) is 9.70. The number of aromatic nitrogens is 4. The van der Waals surface area contributed by atoms with Crippen molar-refractivity contribution in [3.8, 4) is 11.1 Å². The molecular formula is C15H17N7. The van der Waals surface area contributed by atoms with Crippen molar-refractivity contribution in [2.75, 3.05) is 0 Å². The molecule has 0 aliphatic carbocycles. The van der Waals surface area contributed by atoms with Crippen molar-refractivity contribution in [3.63, 3.8) is 0 Å². The second-order valence-electron chi connectivity index (χ2n) is 4.89. The Morgan fingerprint density at radius 2 is 2.14 bits per heavy atom. The minimum atomic E-state index is 0.127. The molecule has 7 nitrogen and oxygen atoms in total. The van der Waals surface area contributed by atoms with E-state index in [1.54, 1.807) is 4.68 Å². The van der Waals surface area contributed by atoms with E-state index in [0.29, 0.717) is 5.78 Å². The quantitative estimate of drug-likeness (QED) is 0.591. The molecule has 7 heteroatoms. The van der Waals surface area contributed by atoms with Crippen LogP contribution < -0.4 is 5.73 Å². The highest BCUT2D eigenvalue weighted by Crippen LogP contribution is 2.24. The molecule has 0 aliphatic rings. The molecule has 0 fully saturated rings. The Labute approximate surface area is 127 Å². The summed E-state index contributed by atoms with van der Waals surface area (Å²) in [6.45, 7) is 7.42. The first kappa shape index (κ1) is 14.0. The summed E-state index contributed by atoms with van der Waals surface area (Å²) in [5.74, 6) is 0.831. The van der Waals surface area contributed by atoms with Gasteiger partial charge in [-0.05, 0) is 26.1 Å². The molecule has 0 radical (unpaired) electrons. The number of nitrogens with two attached hydrogens (primary N) is 1. The van der Waals surface area contributed by atoms with Gasteiger partial charge in [0.2, 0.25) is 11.7 Å². The van der Waals surface area contributed by atoms with Crippen molar-refractivity contribution in [1.29, 1.82) is 0 Å². The first-order valence-corrected chi connectivity index (χ1v) is 6.95. The van der Waals surface area contributed by atoms with E-state index in [1.807, 2.05) is 42.2 Å². The van der Waals surface area contributed by atoms with Gasteiger partial charge in [0.1, 0.15) is 0 Å². The largest absolute Gasteiger partial charge is 0.367 e. The predicted molar refractivity (Wildman–Crippen MR) is 87.1 cm³/mol. The molecule has 3 aromatic heterocycles. The molecule has 0 saturated heterocycles. The molecule has 3 rings (SSSR count). The van der Waals surface area contributed by atoms with Gasteiger partial charge in [0, 0.05) is 41.1 Å². The molecular weight excluding hydrogens is 278 g/mol. The third-order valence-electron chi connectivity index (χ3n) is 3.60. The van der Waals surface area contributed by atoms with Crippen LogP contribution in [0.5, 0.6) is 0 Å². The molecule has 0 aromatic carbocycles. The van der Waals surface area contributed by atoms with Crippen molar-refractivity contribution < 1.29 is 0 Å². The summed E-state index contributed by atoms with van der Waals surface area (Å²) in [6.07, 6.45) is 8.44. The van der Waals surface area contributed by atoms with Gasteiger partial charge in [-0.2, -0.15) is 0 Å². The van der Waals surface area contributed by atoms with Crippen LogP contribution in [0.4, 0.5) is 0 Å². The van der Waals surface area contributed by atoms with E-state index < -0.39 is 0 Å². The first-order valence-electron chi connectivity index (χ1n) is 6.95. The zero-order valence-electron chi connectivity index (χ0n) is 12.6. The Kier molecular flexibility index (Phi) is 3.46. The van der Waals surface area contributed by atoms with Crippen LogP contribution in [0.25, 0.3) is 16.9 Å². The molecule has 0 aliphatic heterocycles. The topological polar surface area (TPSA) is 85.9 Å². The summed E-state index contributed by atoms with van der Waals surface area (Å²) in [7, 11) is 0. The number of nitrogens with zero attached hydrogens (tertiary/aromatic N) is 6. The monoisotopic (exact) mass is 295 g/mol. The van der Waals surface area contributed by atoms with Gasteiger partial charge in [-0.15, -0.1) is 5.10 Å². The van der Waals surface area contributed by atoms with Crippen LogP contribution in [0.2, 0.25) is 0 Å². The molecule has 22 heavy (non-hydrogen) atoms. The summed E-state index contributed by atoms with van der Waals surface area (Å²) in [4.78, 5) is 12.3. The fourth-order valence-electron chi connectivity index (χ4n) is 2.38. The van der Waals surface area contributed by atoms with Crippen LogP contribution in [0.15, 0.2) is 40.9 Å². The number of fused-ring (bicyclic) bond motifs is 1. The minimum Gasteiger partial charge on any atom is -0.367 e. The molecule has 0 spiro atoms. The number of hydrogen-bond donors (Lipinski definition) is 1. The highest BCUT2D eigenvalue weighted by Gasteiger charge is 2.10. The predicted octanol–water partition coefficient (Wildman–Crippen LogP) is 1.85. The van der Waals surface area contributed by atoms with Crippen molar-refractivity contribution in [1.82, 2.24) is 19.0 Å². The first-order chi connectivity index (χ1) is 10.6. The van der Waals surface area contributed by atoms with E-state index in [2.05, 4.69) is 33.7 Å². The molecule has 3 heterocycles. The lowest BCUT2D eigenvalue weighted by Crippen LogP contribution is -2.10. The summed E-state index contributed by atoms with van der Waals surface area (Å²) in [5, 5.41) is 4.15. The van der Waals surface area contributed by atoms with Gasteiger partial charge < -0.3 is 5.73 Å². The van der Waals surface area contributed by atoms with Crippen LogP contribution in [0, 0.1) is 6.92 Å². The van der Waals surface area contributed by atoms with E-state index >= 15 is 0 Å². The fraction of sp³-hybridized carbons (Fsp3) is 0.200. The van der Waals surface area contributed by atoms with Gasteiger partial charge in [-0.25, -0.2) is 19.6 Å². The SMILES string of the molecule is C=N/C(N)=N\n1ccc(-c2cnc3ncc(CC)n3c2)c1C. The average molecular weight is 295 g/mol. The fourth-order valence-corrected chi connectivity index (χ4v) is 2.38. The van der Waals surface area contributed by atoms with Gasteiger partial charge in [0.05, 0.1) is 6.20 Å². The molecule has 0 saturated carbocycles. The number of aliphatic imine (C=N–C) groups is 1. The normalized spacial score (nSPS) is 12.0. The zero-order chi connectivity index (χ0) is 15.7. The van der Waals surface area contributed by atoms with Gasteiger partial charge >= 0.3 is 0 Å². The second kappa shape index (κ2) is 5.44. The van der Waals surface area contributed by atoms with Crippen LogP contribution in [-0.4, -0.2) is 31.7 Å². The summed E-state index contributed by atoms with van der Waals surface area (Å²) < 4.78 is 3.69. The van der Waals surface area contributed by atoms with Crippen LogP contribution in [0.1, 0.15) is 18.3 Å². The molecule has 112 valence electrons. The van der Waals surface area contributed by atoms with Gasteiger partial charge in [-0.1, -0.05) is 6.92 Å². The van der Waals surface area contributed by atoms with E-state index in [4.69, 9.17) is 5.73 Å². The molecule has 0 amide bonds. The van der Waals surface area contributed by atoms with Crippen molar-refractivity contribution in [3.05, 3.63) is 42.2 Å². The van der Waals surface area contributed by atoms with Crippen molar-refractivity contribution in [2.24, 2.45) is 15.8 Å². The zero-order valence-corrected chi connectivity index (χ0v) is 12.6. The Morgan fingerprint density at radius 3 is 2.86 bits per heavy atom. The maximum absolute atomic E-state index is 5.60. The van der Waals surface area contributed by atoms with E-state index in [9.17, 15) is 0 Å². The Balaban J connectivity index is 2.10. The van der Waals surface area contributed by atoms with Gasteiger partial charge in [0.25, 0.3) is 0 Å². The molecule has 2 N–H and O–H groups in total. The van der Waals surface area contributed by atoms with Crippen LogP contribution in [-0.2, 0) is 6.42 Å². The van der Waals surface area contributed by atoms with Crippen LogP contribution in [0.3, 0.4) is 0 Å². The lowest BCUT2D eigenvalue weighted by Gasteiger charge is -2.05. The highest BCUT2D eigenvalue weighted by molar-refractivity contribution is 5.82. The van der Waals surface area contributed by atoms with Gasteiger partial charge in [0.15, 0.2) is 0 Å². The van der Waals surface area contributed by atoms with Gasteiger partial charge in [-0.3, -0.25) is 4.40 Å². The maximum Gasteiger partial charge on any atom is 0.237 e. The van der Waals surface area contributed by atoms with Crippen LogP contribution >= 0.6 is 0 Å². The third-order valence-corrected chi connectivity index (χ3v) is 3.60. The average Bonchev–Trinajstić information content (AvgIpc) is 3.10. The number of hydrogen-bond acceptors (Lipinski definition) is 3. The number of rotatable bonds is 3. The lowest BCUT2D eigenvalue weighted by molar-refractivity contribution is 0.843. The van der Waals surface area contributed by atoms with E-state index in [1.165, 1.54) is 0 Å². The summed E-state index contributed by atoms with van der Waals surface area (Å²) in [6, 6.07) is 1.97. The van der Waals surface area contributed by atoms with E-state index in [-0.39, 0.29) is 5.96 Å². The van der Waals surface area contributed by atoms with Crippen molar-refractivity contribution in [2.45, 2.75) is 20.3 Å². The Morgan fingerprint density at radius 1 is 1.36 bits per heavy atom. The second-order valence-corrected chi connectivity index (χ2v) is 4.89. The number of guanidine groups is 1. The molecule has 0 unspecified atom stereocenters. The molecule has 3 aromatic rings. The molecule has 0 atom stereocenters. The van der Waals surface area contributed by atoms with E-state index in [0.717, 1.165) is 28.9 Å². The maximum atomic E-state index is 5.60. The van der Waals surface area contributed by atoms with Crippen molar-refractivity contribution >= 4 is 18.5 Å². The number of aryl methyl sites for hydroxylation is 1. The summed E-state index contributed by atoms with van der Waals surface area (Å²) >= 11 is 0. The Bertz CT molecular complexity index is 869. The lowest BCUT2D eigenvalue weighted by atomic mass is 10.1.